The second-order valence-corrected chi connectivity index (χ2v) is 6.80. The van der Waals surface area contributed by atoms with Gasteiger partial charge in [-0.3, -0.25) is 4.79 Å². The third kappa shape index (κ3) is 4.01. The lowest BCUT2D eigenvalue weighted by atomic mass is 10.2. The van der Waals surface area contributed by atoms with Gasteiger partial charge in [0.2, 0.25) is 11.7 Å². The van der Waals surface area contributed by atoms with Gasteiger partial charge in [0.15, 0.2) is 0 Å². The van der Waals surface area contributed by atoms with E-state index in [-0.39, 0.29) is 24.3 Å². The molecule has 6 nitrogen and oxygen atoms in total. The van der Waals surface area contributed by atoms with E-state index in [1.165, 1.54) is 6.07 Å². The van der Waals surface area contributed by atoms with Crippen LogP contribution in [0.15, 0.2) is 45.5 Å². The van der Waals surface area contributed by atoms with Crippen LogP contribution in [-0.2, 0) is 11.3 Å². The summed E-state index contributed by atoms with van der Waals surface area (Å²) in [5, 5.41) is 6.87. The first-order valence-electron chi connectivity index (χ1n) is 8.22. The van der Waals surface area contributed by atoms with Crippen molar-refractivity contribution in [2.75, 3.05) is 0 Å². The molecule has 0 aliphatic carbocycles. The van der Waals surface area contributed by atoms with Crippen LogP contribution in [-0.4, -0.2) is 26.7 Å². The van der Waals surface area contributed by atoms with E-state index in [9.17, 15) is 9.18 Å². The zero-order chi connectivity index (χ0) is 18.7. The fourth-order valence-electron chi connectivity index (χ4n) is 2.40. The number of rotatable bonds is 6. The van der Waals surface area contributed by atoms with E-state index in [1.807, 2.05) is 19.9 Å². The molecule has 0 aliphatic rings. The van der Waals surface area contributed by atoms with Crippen LogP contribution in [0.3, 0.4) is 0 Å². The molecule has 26 heavy (non-hydrogen) atoms. The van der Waals surface area contributed by atoms with E-state index in [0.29, 0.717) is 27.4 Å². The molecule has 1 atom stereocenters. The molecule has 2 aromatic heterocycles. The number of amides is 1. The summed E-state index contributed by atoms with van der Waals surface area (Å²) in [6.07, 6.45) is 2.65. The molecule has 0 saturated heterocycles. The molecular formula is C18H18BrFN4O2. The summed E-state index contributed by atoms with van der Waals surface area (Å²) in [6.45, 7) is 4.13. The highest BCUT2D eigenvalue weighted by atomic mass is 79.9. The molecule has 1 aromatic carbocycles. The zero-order valence-electron chi connectivity index (χ0n) is 14.4. The van der Waals surface area contributed by atoms with Gasteiger partial charge in [0.25, 0.3) is 5.89 Å². The molecule has 0 spiro atoms. The largest absolute Gasteiger partial charge is 0.352 e. The minimum atomic E-state index is -0.362. The fraction of sp³-hybridized carbons (Fsp3) is 0.278. The molecule has 1 N–H and O–H groups in total. The molecule has 0 aliphatic heterocycles. The van der Waals surface area contributed by atoms with Gasteiger partial charge >= 0.3 is 0 Å². The van der Waals surface area contributed by atoms with Gasteiger partial charge < -0.3 is 14.4 Å². The van der Waals surface area contributed by atoms with Crippen LogP contribution in [0.2, 0.25) is 0 Å². The first-order valence-corrected chi connectivity index (χ1v) is 9.01. The Kier molecular flexibility index (Phi) is 5.51. The summed E-state index contributed by atoms with van der Waals surface area (Å²) in [7, 11) is 0. The number of halogens is 2. The van der Waals surface area contributed by atoms with Crippen molar-refractivity contribution in [2.45, 2.75) is 32.9 Å². The zero-order valence-corrected chi connectivity index (χ0v) is 16.0. The van der Waals surface area contributed by atoms with E-state index < -0.39 is 0 Å². The lowest BCUT2D eigenvalue weighted by molar-refractivity contribution is -0.122. The van der Waals surface area contributed by atoms with Crippen LogP contribution < -0.4 is 5.32 Å². The van der Waals surface area contributed by atoms with Crippen LogP contribution in [0.1, 0.15) is 20.3 Å². The van der Waals surface area contributed by atoms with Gasteiger partial charge in [-0.15, -0.1) is 0 Å². The minimum Gasteiger partial charge on any atom is -0.352 e. The summed E-state index contributed by atoms with van der Waals surface area (Å²) in [6, 6.07) is 8.22. The summed E-state index contributed by atoms with van der Waals surface area (Å²) in [5.41, 5.74) is 1.27. The number of nitrogens with zero attached hydrogens (tertiary/aromatic N) is 3. The monoisotopic (exact) mass is 420 g/mol. The molecular weight excluding hydrogens is 403 g/mol. The first kappa shape index (κ1) is 18.3. The quantitative estimate of drug-likeness (QED) is 0.653. The van der Waals surface area contributed by atoms with Crippen LogP contribution in [0, 0.1) is 5.82 Å². The molecule has 0 bridgehead atoms. The van der Waals surface area contributed by atoms with Gasteiger partial charge in [-0.05, 0) is 59.6 Å². The number of aromatic nitrogens is 3. The fourth-order valence-corrected chi connectivity index (χ4v) is 2.78. The van der Waals surface area contributed by atoms with Gasteiger partial charge in [-0.1, -0.05) is 12.1 Å². The van der Waals surface area contributed by atoms with Crippen molar-refractivity contribution < 1.29 is 13.7 Å². The second-order valence-electron chi connectivity index (χ2n) is 5.95. The Bertz CT molecular complexity index is 922. The standard InChI is InChI=1S/C18H18BrFN4O2/c1-3-11(2)21-16(25)10-24-8-4-5-15(24)18-22-17(23-26-18)12-6-7-14(20)13(19)9-12/h4-9,11H,3,10H2,1-2H3,(H,21,25). The average molecular weight is 421 g/mol. The van der Waals surface area contributed by atoms with Crippen LogP contribution in [0.4, 0.5) is 4.39 Å². The highest BCUT2D eigenvalue weighted by Gasteiger charge is 2.16. The van der Waals surface area contributed by atoms with Crippen molar-refractivity contribution in [3.8, 4) is 23.0 Å². The van der Waals surface area contributed by atoms with Crippen molar-refractivity contribution in [1.82, 2.24) is 20.0 Å². The molecule has 0 saturated carbocycles. The van der Waals surface area contributed by atoms with Crippen LogP contribution in [0.5, 0.6) is 0 Å². The molecule has 1 unspecified atom stereocenters. The Balaban J connectivity index is 1.81. The Morgan fingerprint density at radius 2 is 2.23 bits per heavy atom. The highest BCUT2D eigenvalue weighted by molar-refractivity contribution is 9.10. The van der Waals surface area contributed by atoms with Crippen molar-refractivity contribution >= 4 is 21.8 Å². The van der Waals surface area contributed by atoms with E-state index in [4.69, 9.17) is 4.52 Å². The number of carbonyl (C=O) groups excluding carboxylic acids is 1. The normalized spacial score (nSPS) is 12.2. The first-order chi connectivity index (χ1) is 12.5. The van der Waals surface area contributed by atoms with Crippen molar-refractivity contribution in [3.63, 3.8) is 0 Å². The van der Waals surface area contributed by atoms with E-state index in [2.05, 4.69) is 31.4 Å². The highest BCUT2D eigenvalue weighted by Crippen LogP contribution is 2.26. The van der Waals surface area contributed by atoms with Gasteiger partial charge in [0.1, 0.15) is 18.1 Å². The molecule has 8 heteroatoms. The van der Waals surface area contributed by atoms with E-state index in [0.717, 1.165) is 6.42 Å². The average Bonchev–Trinajstić information content (AvgIpc) is 3.26. The Labute approximate surface area is 158 Å². The van der Waals surface area contributed by atoms with Crippen molar-refractivity contribution in [3.05, 3.63) is 46.8 Å². The Morgan fingerprint density at radius 3 is 2.96 bits per heavy atom. The van der Waals surface area contributed by atoms with Gasteiger partial charge in [0, 0.05) is 17.8 Å². The minimum absolute atomic E-state index is 0.0843. The van der Waals surface area contributed by atoms with Gasteiger partial charge in [-0.25, -0.2) is 4.39 Å². The number of hydrogen-bond acceptors (Lipinski definition) is 4. The van der Waals surface area contributed by atoms with Gasteiger partial charge in [-0.2, -0.15) is 4.98 Å². The Morgan fingerprint density at radius 1 is 1.42 bits per heavy atom. The van der Waals surface area contributed by atoms with E-state index in [1.54, 1.807) is 29.0 Å². The molecule has 1 amide bonds. The third-order valence-electron chi connectivity index (χ3n) is 3.99. The number of hydrogen-bond donors (Lipinski definition) is 1. The van der Waals surface area contributed by atoms with Crippen LogP contribution in [0.25, 0.3) is 23.0 Å². The van der Waals surface area contributed by atoms with Gasteiger partial charge in [0.05, 0.1) is 4.47 Å². The third-order valence-corrected chi connectivity index (χ3v) is 4.59. The van der Waals surface area contributed by atoms with Crippen LogP contribution >= 0.6 is 15.9 Å². The lowest BCUT2D eigenvalue weighted by Crippen LogP contribution is -2.34. The number of nitrogens with one attached hydrogen (secondary N) is 1. The molecule has 0 radical (unpaired) electrons. The smallest absolute Gasteiger partial charge is 0.274 e. The number of benzene rings is 1. The van der Waals surface area contributed by atoms with E-state index >= 15 is 0 Å². The number of carbonyl (C=O) groups is 1. The molecule has 2 heterocycles. The van der Waals surface area contributed by atoms with Crippen molar-refractivity contribution in [2.24, 2.45) is 0 Å². The topological polar surface area (TPSA) is 73.0 Å². The molecule has 136 valence electrons. The summed E-state index contributed by atoms with van der Waals surface area (Å²) < 4.78 is 20.8. The summed E-state index contributed by atoms with van der Waals surface area (Å²) in [5.74, 6) is 0.192. The lowest BCUT2D eigenvalue weighted by Gasteiger charge is -2.12. The SMILES string of the molecule is CCC(C)NC(=O)Cn1cccc1-c1nc(-c2ccc(F)c(Br)c2)no1. The molecule has 3 rings (SSSR count). The van der Waals surface area contributed by atoms with Crippen molar-refractivity contribution in [1.29, 1.82) is 0 Å². The predicted molar refractivity (Wildman–Crippen MR) is 98.7 cm³/mol. The maximum absolute atomic E-state index is 13.4. The molecule has 3 aromatic rings. The predicted octanol–water partition coefficient (Wildman–Crippen LogP) is 4.02. The summed E-state index contributed by atoms with van der Waals surface area (Å²) in [4.78, 5) is 16.5. The maximum Gasteiger partial charge on any atom is 0.274 e. The Hall–Kier alpha value is -2.48. The second kappa shape index (κ2) is 7.82. The summed E-state index contributed by atoms with van der Waals surface area (Å²) >= 11 is 3.14. The maximum atomic E-state index is 13.4. The molecule has 0 fully saturated rings.